The van der Waals surface area contributed by atoms with Gasteiger partial charge in [-0.1, -0.05) is 0 Å². The molecular formula is C13H14N2O4. The largest absolute Gasteiger partial charge is 0.480 e. The number of hydrogen-bond acceptors (Lipinski definition) is 3. The molecule has 0 spiro atoms. The quantitative estimate of drug-likeness (QED) is 0.884. The number of aromatic nitrogens is 1. The lowest BCUT2D eigenvalue weighted by Crippen LogP contribution is -2.28. The van der Waals surface area contributed by atoms with Gasteiger partial charge in [-0.15, -0.1) is 0 Å². The molecule has 0 unspecified atom stereocenters. The van der Waals surface area contributed by atoms with Gasteiger partial charge in [-0.3, -0.25) is 9.59 Å². The van der Waals surface area contributed by atoms with Gasteiger partial charge in [0.05, 0.1) is 12.8 Å². The van der Waals surface area contributed by atoms with Crippen LogP contribution >= 0.6 is 0 Å². The first-order valence-corrected chi connectivity index (χ1v) is 5.72. The van der Waals surface area contributed by atoms with Gasteiger partial charge in [-0.2, -0.15) is 0 Å². The Balaban J connectivity index is 2.10. The molecule has 2 rings (SSSR count). The van der Waals surface area contributed by atoms with Crippen molar-refractivity contribution < 1.29 is 19.1 Å². The molecule has 0 fully saturated rings. The lowest BCUT2D eigenvalue weighted by Gasteiger charge is -2.16. The minimum atomic E-state index is -0.987. The number of rotatable bonds is 5. The molecule has 0 aromatic carbocycles. The van der Waals surface area contributed by atoms with Crippen molar-refractivity contribution in [1.82, 2.24) is 9.47 Å². The highest BCUT2D eigenvalue weighted by Gasteiger charge is 2.17. The van der Waals surface area contributed by atoms with Crippen molar-refractivity contribution in [3.63, 3.8) is 0 Å². The Hall–Kier alpha value is -2.50. The summed E-state index contributed by atoms with van der Waals surface area (Å²) in [5, 5.41) is 8.78. The van der Waals surface area contributed by atoms with Crippen LogP contribution in [-0.2, 0) is 17.9 Å². The standard InChI is InChI=1S/C13H14N2O4/c1-14(8-10-4-3-7-19-10)13(18)11-5-2-6-15(11)9-12(16)17/h2-7H,8-9H2,1H3,(H,16,17). The molecule has 0 bridgehead atoms. The molecule has 1 amide bonds. The smallest absolute Gasteiger partial charge is 0.323 e. The number of amides is 1. The van der Waals surface area contributed by atoms with Crippen molar-refractivity contribution in [3.8, 4) is 0 Å². The van der Waals surface area contributed by atoms with Gasteiger partial charge >= 0.3 is 5.97 Å². The van der Waals surface area contributed by atoms with Crippen LogP contribution in [0.4, 0.5) is 0 Å². The van der Waals surface area contributed by atoms with Crippen molar-refractivity contribution in [2.75, 3.05) is 7.05 Å². The SMILES string of the molecule is CN(Cc1ccco1)C(=O)c1cccn1CC(=O)O. The number of carboxylic acids is 1. The van der Waals surface area contributed by atoms with Crippen molar-refractivity contribution in [2.45, 2.75) is 13.1 Å². The van der Waals surface area contributed by atoms with Crippen molar-refractivity contribution >= 4 is 11.9 Å². The molecule has 100 valence electrons. The topological polar surface area (TPSA) is 75.7 Å². The highest BCUT2D eigenvalue weighted by atomic mass is 16.4. The molecule has 6 nitrogen and oxygen atoms in total. The molecule has 2 heterocycles. The van der Waals surface area contributed by atoms with Gasteiger partial charge < -0.3 is 19.0 Å². The summed E-state index contributed by atoms with van der Waals surface area (Å²) < 4.78 is 6.58. The third-order valence-electron chi connectivity index (χ3n) is 2.67. The fraction of sp³-hybridized carbons (Fsp3) is 0.231. The Morgan fingerprint density at radius 1 is 1.37 bits per heavy atom. The predicted molar refractivity (Wildman–Crippen MR) is 66.6 cm³/mol. The van der Waals surface area contributed by atoms with Gasteiger partial charge in [0.2, 0.25) is 0 Å². The number of hydrogen-bond donors (Lipinski definition) is 1. The van der Waals surface area contributed by atoms with Gasteiger partial charge in [-0.25, -0.2) is 0 Å². The first-order valence-electron chi connectivity index (χ1n) is 5.72. The summed E-state index contributed by atoms with van der Waals surface area (Å²) in [5.41, 5.74) is 0.344. The van der Waals surface area contributed by atoms with E-state index in [9.17, 15) is 9.59 Å². The zero-order valence-corrected chi connectivity index (χ0v) is 10.4. The lowest BCUT2D eigenvalue weighted by molar-refractivity contribution is -0.137. The molecule has 0 atom stereocenters. The average molecular weight is 262 g/mol. The second kappa shape index (κ2) is 5.43. The van der Waals surface area contributed by atoms with Crippen molar-refractivity contribution in [2.24, 2.45) is 0 Å². The molecular weight excluding hydrogens is 248 g/mol. The van der Waals surface area contributed by atoms with Gasteiger partial charge in [0, 0.05) is 13.2 Å². The van der Waals surface area contributed by atoms with Crippen LogP contribution in [0.5, 0.6) is 0 Å². The number of carboxylic acid groups (broad SMARTS) is 1. The molecule has 0 saturated heterocycles. The van der Waals surface area contributed by atoms with Crippen LogP contribution in [-0.4, -0.2) is 33.5 Å². The fourth-order valence-electron chi connectivity index (χ4n) is 1.80. The molecule has 0 saturated carbocycles. The highest BCUT2D eigenvalue weighted by Crippen LogP contribution is 2.10. The predicted octanol–water partition coefficient (Wildman–Crippen LogP) is 1.44. The number of aliphatic carboxylic acids is 1. The first kappa shape index (κ1) is 12.9. The maximum absolute atomic E-state index is 12.2. The van der Waals surface area contributed by atoms with Crippen LogP contribution in [0.1, 0.15) is 16.2 Å². The average Bonchev–Trinajstić information content (AvgIpc) is 2.98. The highest BCUT2D eigenvalue weighted by molar-refractivity contribution is 5.92. The minimum absolute atomic E-state index is 0.233. The third-order valence-corrected chi connectivity index (χ3v) is 2.67. The second-order valence-corrected chi connectivity index (χ2v) is 4.16. The van der Waals surface area contributed by atoms with E-state index < -0.39 is 5.97 Å². The summed E-state index contributed by atoms with van der Waals surface area (Å²) >= 11 is 0. The van der Waals surface area contributed by atoms with Gasteiger partial charge in [-0.05, 0) is 24.3 Å². The van der Waals surface area contributed by atoms with E-state index in [-0.39, 0.29) is 12.5 Å². The van der Waals surface area contributed by atoms with E-state index in [1.54, 1.807) is 43.8 Å². The Kier molecular flexibility index (Phi) is 3.70. The molecule has 0 radical (unpaired) electrons. The molecule has 0 aliphatic heterocycles. The zero-order chi connectivity index (χ0) is 13.8. The number of nitrogens with zero attached hydrogens (tertiary/aromatic N) is 2. The summed E-state index contributed by atoms with van der Waals surface area (Å²) in [4.78, 5) is 24.4. The van der Waals surface area contributed by atoms with Crippen LogP contribution in [0.3, 0.4) is 0 Å². The molecule has 0 aliphatic rings. The summed E-state index contributed by atoms with van der Waals surface area (Å²) in [6.45, 7) is 0.104. The van der Waals surface area contributed by atoms with E-state index >= 15 is 0 Å². The zero-order valence-electron chi connectivity index (χ0n) is 10.4. The normalized spacial score (nSPS) is 10.4. The number of carbonyl (C=O) groups excluding carboxylic acids is 1. The number of furan rings is 1. The molecule has 2 aromatic heterocycles. The summed E-state index contributed by atoms with van der Waals surface area (Å²) in [7, 11) is 1.64. The van der Waals surface area contributed by atoms with Gasteiger partial charge in [0.25, 0.3) is 5.91 Å². The molecule has 6 heteroatoms. The van der Waals surface area contributed by atoms with E-state index in [4.69, 9.17) is 9.52 Å². The molecule has 2 aromatic rings. The van der Waals surface area contributed by atoms with Crippen molar-refractivity contribution in [3.05, 3.63) is 48.2 Å². The minimum Gasteiger partial charge on any atom is -0.480 e. The Bertz CT molecular complexity index is 571. The monoisotopic (exact) mass is 262 g/mol. The van der Waals surface area contributed by atoms with Crippen LogP contribution < -0.4 is 0 Å². The maximum atomic E-state index is 12.2. The Labute approximate surface area is 109 Å². The van der Waals surface area contributed by atoms with Crippen LogP contribution in [0.2, 0.25) is 0 Å². The molecule has 1 N–H and O–H groups in total. The second-order valence-electron chi connectivity index (χ2n) is 4.16. The van der Waals surface area contributed by atoms with E-state index in [2.05, 4.69) is 0 Å². The number of carbonyl (C=O) groups is 2. The Morgan fingerprint density at radius 3 is 2.79 bits per heavy atom. The third kappa shape index (κ3) is 3.04. The molecule has 19 heavy (non-hydrogen) atoms. The maximum Gasteiger partial charge on any atom is 0.323 e. The molecule has 0 aliphatic carbocycles. The van der Waals surface area contributed by atoms with Gasteiger partial charge in [0.1, 0.15) is 18.0 Å². The van der Waals surface area contributed by atoms with Crippen LogP contribution in [0.15, 0.2) is 41.1 Å². The van der Waals surface area contributed by atoms with E-state index in [1.807, 2.05) is 0 Å². The first-order chi connectivity index (χ1) is 9.08. The summed E-state index contributed by atoms with van der Waals surface area (Å²) in [6, 6.07) is 6.78. The van der Waals surface area contributed by atoms with E-state index in [1.165, 1.54) is 9.47 Å². The summed E-state index contributed by atoms with van der Waals surface area (Å²) in [6.07, 6.45) is 3.11. The Morgan fingerprint density at radius 2 is 2.16 bits per heavy atom. The van der Waals surface area contributed by atoms with Crippen LogP contribution in [0, 0.1) is 0 Å². The van der Waals surface area contributed by atoms with E-state index in [0.29, 0.717) is 18.0 Å². The van der Waals surface area contributed by atoms with Gasteiger partial charge in [0.15, 0.2) is 0 Å². The fourth-order valence-corrected chi connectivity index (χ4v) is 1.80. The van der Waals surface area contributed by atoms with Crippen molar-refractivity contribution in [1.29, 1.82) is 0 Å². The van der Waals surface area contributed by atoms with E-state index in [0.717, 1.165) is 0 Å². The van der Waals surface area contributed by atoms with Crippen LogP contribution in [0.25, 0.3) is 0 Å². The summed E-state index contributed by atoms with van der Waals surface area (Å²) in [5.74, 6) is -0.561. The lowest BCUT2D eigenvalue weighted by atomic mass is 10.3.